The second kappa shape index (κ2) is 7.97. The SMILES string of the molecule is CCCCC1CCC(=O)N1CCCc1ccc(C(=O)O)cc1. The van der Waals surface area contributed by atoms with Crippen molar-refractivity contribution in [2.75, 3.05) is 6.54 Å². The lowest BCUT2D eigenvalue weighted by atomic mass is 10.1. The molecule has 1 saturated heterocycles. The Bertz CT molecular complexity index is 510. The van der Waals surface area contributed by atoms with Gasteiger partial charge in [-0.15, -0.1) is 0 Å². The lowest BCUT2D eigenvalue weighted by Crippen LogP contribution is -2.34. The molecule has 1 unspecified atom stereocenters. The van der Waals surface area contributed by atoms with Gasteiger partial charge >= 0.3 is 5.97 Å². The fourth-order valence-corrected chi connectivity index (χ4v) is 3.11. The number of aromatic carboxylic acids is 1. The Morgan fingerprint density at radius 2 is 2.00 bits per heavy atom. The predicted octanol–water partition coefficient (Wildman–Crippen LogP) is 3.50. The van der Waals surface area contributed by atoms with E-state index in [0.29, 0.717) is 23.9 Å². The molecule has 0 spiro atoms. The summed E-state index contributed by atoms with van der Waals surface area (Å²) in [5, 5.41) is 8.88. The van der Waals surface area contributed by atoms with Crippen molar-refractivity contribution in [1.82, 2.24) is 4.90 Å². The third kappa shape index (κ3) is 4.33. The van der Waals surface area contributed by atoms with E-state index in [-0.39, 0.29) is 0 Å². The van der Waals surface area contributed by atoms with Gasteiger partial charge in [-0.2, -0.15) is 0 Å². The summed E-state index contributed by atoms with van der Waals surface area (Å²) in [6.45, 7) is 3.00. The molecule has 0 bridgehead atoms. The van der Waals surface area contributed by atoms with E-state index in [1.165, 1.54) is 12.8 Å². The number of rotatable bonds is 8. The first-order valence-electron chi connectivity index (χ1n) is 8.23. The summed E-state index contributed by atoms with van der Waals surface area (Å²) >= 11 is 0. The molecule has 1 atom stereocenters. The molecular weight excluding hydrogens is 278 g/mol. The average molecular weight is 303 g/mol. The number of carboxylic acid groups (broad SMARTS) is 1. The number of carboxylic acids is 1. The standard InChI is InChI=1S/C18H25NO3/c1-2-3-6-16-11-12-17(20)19(16)13-4-5-14-7-9-15(10-8-14)18(21)22/h7-10,16H,2-6,11-13H2,1H3,(H,21,22). The van der Waals surface area contributed by atoms with Crippen molar-refractivity contribution in [2.24, 2.45) is 0 Å². The van der Waals surface area contributed by atoms with Crippen LogP contribution in [-0.2, 0) is 11.2 Å². The van der Waals surface area contributed by atoms with Crippen LogP contribution in [0.25, 0.3) is 0 Å². The number of hydrogen-bond donors (Lipinski definition) is 1. The van der Waals surface area contributed by atoms with Gasteiger partial charge in [0.2, 0.25) is 5.91 Å². The third-order valence-corrected chi connectivity index (χ3v) is 4.41. The van der Waals surface area contributed by atoms with Crippen molar-refractivity contribution in [3.63, 3.8) is 0 Å². The Hall–Kier alpha value is -1.84. The number of aryl methyl sites for hydroxylation is 1. The van der Waals surface area contributed by atoms with Crippen LogP contribution >= 0.6 is 0 Å². The quantitative estimate of drug-likeness (QED) is 0.799. The highest BCUT2D eigenvalue weighted by molar-refractivity contribution is 5.87. The van der Waals surface area contributed by atoms with Gasteiger partial charge in [0.15, 0.2) is 0 Å². The molecule has 22 heavy (non-hydrogen) atoms. The van der Waals surface area contributed by atoms with Gasteiger partial charge in [0.1, 0.15) is 0 Å². The molecule has 4 heteroatoms. The lowest BCUT2D eigenvalue weighted by Gasteiger charge is -2.24. The van der Waals surface area contributed by atoms with E-state index in [4.69, 9.17) is 5.11 Å². The fraction of sp³-hybridized carbons (Fsp3) is 0.556. The topological polar surface area (TPSA) is 57.6 Å². The maximum atomic E-state index is 12.0. The summed E-state index contributed by atoms with van der Waals surface area (Å²) in [5.74, 6) is -0.602. The first-order valence-corrected chi connectivity index (χ1v) is 8.23. The predicted molar refractivity (Wildman–Crippen MR) is 86.0 cm³/mol. The Kier molecular flexibility index (Phi) is 5.99. The van der Waals surface area contributed by atoms with Crippen molar-refractivity contribution in [1.29, 1.82) is 0 Å². The maximum absolute atomic E-state index is 12.0. The van der Waals surface area contributed by atoms with Gasteiger partial charge in [0, 0.05) is 19.0 Å². The number of nitrogens with zero attached hydrogens (tertiary/aromatic N) is 1. The minimum absolute atomic E-state index is 0.294. The summed E-state index contributed by atoms with van der Waals surface area (Å²) in [6, 6.07) is 7.45. The van der Waals surface area contributed by atoms with Crippen LogP contribution in [0.3, 0.4) is 0 Å². The van der Waals surface area contributed by atoms with Gasteiger partial charge in [0.05, 0.1) is 5.56 Å². The molecule has 1 aromatic carbocycles. The zero-order valence-electron chi connectivity index (χ0n) is 13.3. The van der Waals surface area contributed by atoms with Crippen molar-refractivity contribution in [3.8, 4) is 0 Å². The van der Waals surface area contributed by atoms with E-state index >= 15 is 0 Å². The molecule has 0 radical (unpaired) electrons. The van der Waals surface area contributed by atoms with Crippen LogP contribution in [0.5, 0.6) is 0 Å². The number of hydrogen-bond acceptors (Lipinski definition) is 2. The number of likely N-dealkylation sites (tertiary alicyclic amines) is 1. The van der Waals surface area contributed by atoms with Gasteiger partial charge in [-0.1, -0.05) is 31.9 Å². The Morgan fingerprint density at radius 3 is 2.64 bits per heavy atom. The molecular formula is C18H25NO3. The van der Waals surface area contributed by atoms with Crippen LogP contribution in [0.4, 0.5) is 0 Å². The number of unbranched alkanes of at least 4 members (excludes halogenated alkanes) is 1. The molecule has 1 heterocycles. The molecule has 0 aliphatic carbocycles. The molecule has 4 nitrogen and oxygen atoms in total. The third-order valence-electron chi connectivity index (χ3n) is 4.41. The minimum atomic E-state index is -0.895. The molecule has 1 aliphatic rings. The van der Waals surface area contributed by atoms with Crippen LogP contribution in [0.15, 0.2) is 24.3 Å². The van der Waals surface area contributed by atoms with Crippen LogP contribution in [0.2, 0.25) is 0 Å². The van der Waals surface area contributed by atoms with Crippen LogP contribution in [0.1, 0.15) is 61.4 Å². The molecule has 1 N–H and O–H groups in total. The van der Waals surface area contributed by atoms with Gasteiger partial charge in [-0.05, 0) is 43.4 Å². The second-order valence-corrected chi connectivity index (χ2v) is 6.03. The number of amides is 1. The Morgan fingerprint density at radius 1 is 1.27 bits per heavy atom. The molecule has 2 rings (SSSR count). The highest BCUT2D eigenvalue weighted by atomic mass is 16.4. The second-order valence-electron chi connectivity index (χ2n) is 6.03. The van der Waals surface area contributed by atoms with Gasteiger partial charge in [-0.25, -0.2) is 4.79 Å². The van der Waals surface area contributed by atoms with Gasteiger partial charge in [0.25, 0.3) is 0 Å². The normalized spacial score (nSPS) is 18.0. The van der Waals surface area contributed by atoms with Crippen LogP contribution < -0.4 is 0 Å². The fourth-order valence-electron chi connectivity index (χ4n) is 3.11. The average Bonchev–Trinajstić information content (AvgIpc) is 2.86. The Labute approximate surface area is 132 Å². The van der Waals surface area contributed by atoms with E-state index in [0.717, 1.165) is 37.8 Å². The number of carbonyl (C=O) groups excluding carboxylic acids is 1. The highest BCUT2D eigenvalue weighted by Gasteiger charge is 2.29. The smallest absolute Gasteiger partial charge is 0.335 e. The monoisotopic (exact) mass is 303 g/mol. The highest BCUT2D eigenvalue weighted by Crippen LogP contribution is 2.23. The van der Waals surface area contributed by atoms with E-state index < -0.39 is 5.97 Å². The molecule has 0 saturated carbocycles. The summed E-state index contributed by atoms with van der Waals surface area (Å²) < 4.78 is 0. The zero-order chi connectivity index (χ0) is 15.9. The molecule has 1 aromatic rings. The van der Waals surface area contributed by atoms with Crippen molar-refractivity contribution >= 4 is 11.9 Å². The maximum Gasteiger partial charge on any atom is 0.335 e. The molecule has 1 aliphatic heterocycles. The lowest BCUT2D eigenvalue weighted by molar-refractivity contribution is -0.129. The van der Waals surface area contributed by atoms with Crippen molar-refractivity contribution in [3.05, 3.63) is 35.4 Å². The minimum Gasteiger partial charge on any atom is -0.478 e. The summed E-state index contributed by atoms with van der Waals surface area (Å²) in [4.78, 5) is 24.8. The van der Waals surface area contributed by atoms with E-state index in [2.05, 4.69) is 11.8 Å². The summed E-state index contributed by atoms with van der Waals surface area (Å²) in [7, 11) is 0. The largest absolute Gasteiger partial charge is 0.478 e. The molecule has 1 amide bonds. The number of carbonyl (C=O) groups is 2. The van der Waals surface area contributed by atoms with E-state index in [1.54, 1.807) is 12.1 Å². The number of benzene rings is 1. The zero-order valence-corrected chi connectivity index (χ0v) is 13.3. The van der Waals surface area contributed by atoms with E-state index in [1.807, 2.05) is 12.1 Å². The summed E-state index contributed by atoms with van der Waals surface area (Å²) in [5.41, 5.74) is 1.44. The summed E-state index contributed by atoms with van der Waals surface area (Å²) in [6.07, 6.45) is 6.99. The first-order chi connectivity index (χ1) is 10.6. The molecule has 1 fully saturated rings. The molecule has 0 aromatic heterocycles. The van der Waals surface area contributed by atoms with Crippen molar-refractivity contribution in [2.45, 2.75) is 57.9 Å². The van der Waals surface area contributed by atoms with Gasteiger partial charge in [-0.3, -0.25) is 4.79 Å². The van der Waals surface area contributed by atoms with Crippen LogP contribution in [0, 0.1) is 0 Å². The van der Waals surface area contributed by atoms with Crippen molar-refractivity contribution < 1.29 is 14.7 Å². The van der Waals surface area contributed by atoms with Gasteiger partial charge < -0.3 is 10.0 Å². The first kappa shape index (κ1) is 16.5. The van der Waals surface area contributed by atoms with Crippen LogP contribution in [-0.4, -0.2) is 34.5 Å². The molecule has 120 valence electrons. The Balaban J connectivity index is 1.81. The van der Waals surface area contributed by atoms with E-state index in [9.17, 15) is 9.59 Å².